The van der Waals surface area contributed by atoms with Crippen molar-refractivity contribution in [3.63, 3.8) is 0 Å². The van der Waals surface area contributed by atoms with Gasteiger partial charge in [0.2, 0.25) is 11.8 Å². The summed E-state index contributed by atoms with van der Waals surface area (Å²) in [6.45, 7) is 0.514. The van der Waals surface area contributed by atoms with Crippen LogP contribution in [0.3, 0.4) is 0 Å². The van der Waals surface area contributed by atoms with E-state index in [4.69, 9.17) is 19.5 Å². The zero-order chi connectivity index (χ0) is 42.2. The number of allylic oxidation sites excluding steroid dienone is 4. The van der Waals surface area contributed by atoms with Gasteiger partial charge in [0.15, 0.2) is 22.8 Å². The van der Waals surface area contributed by atoms with E-state index in [1.165, 1.54) is 13.8 Å². The zero-order valence-electron chi connectivity index (χ0n) is 30.4. The number of carbonyl (C=O) groups is 3. The molecule has 1 saturated heterocycles. The molecule has 28 heteroatoms. The quantitative estimate of drug-likeness (QED) is 0.0596. The minimum Gasteiger partial charge on any atom is -0.386 e. The Hall–Kier alpha value is -2.96. The van der Waals surface area contributed by atoms with Crippen molar-refractivity contribution in [2.24, 2.45) is 11.3 Å². The molecule has 1 aliphatic heterocycles. The van der Waals surface area contributed by atoms with E-state index in [1.54, 1.807) is 0 Å². The number of thioether (sulfide) groups is 1. The zero-order valence-corrected chi connectivity index (χ0v) is 33.9. The van der Waals surface area contributed by atoms with Crippen molar-refractivity contribution >= 4 is 69.1 Å². The van der Waals surface area contributed by atoms with Crippen molar-refractivity contribution in [1.29, 1.82) is 0 Å². The van der Waals surface area contributed by atoms with Crippen LogP contribution in [-0.4, -0.2) is 123 Å². The van der Waals surface area contributed by atoms with Gasteiger partial charge in [-0.15, -0.1) is 0 Å². The summed E-state index contributed by atoms with van der Waals surface area (Å²) in [4.78, 5) is 87.8. The Morgan fingerprint density at radius 1 is 1.07 bits per heavy atom. The largest absolute Gasteiger partial charge is 0.481 e. The van der Waals surface area contributed by atoms with E-state index < -0.39 is 84.6 Å². The van der Waals surface area contributed by atoms with Gasteiger partial charge in [-0.2, -0.15) is 4.31 Å². The molecule has 57 heavy (non-hydrogen) atoms. The van der Waals surface area contributed by atoms with Gasteiger partial charge >= 0.3 is 23.5 Å². The van der Waals surface area contributed by atoms with Gasteiger partial charge in [0.25, 0.3) is 0 Å². The molecule has 2 aromatic heterocycles. The summed E-state index contributed by atoms with van der Waals surface area (Å²) in [6, 6.07) is 0. The fraction of sp³-hybridized carbons (Fsp3) is 0.586. The molecule has 3 unspecified atom stereocenters. The maximum absolute atomic E-state index is 12.7. The van der Waals surface area contributed by atoms with Crippen molar-refractivity contribution in [3.8, 4) is 0 Å². The van der Waals surface area contributed by atoms with Crippen LogP contribution >= 0.6 is 35.2 Å². The average molecular weight is 888 g/mol. The second kappa shape index (κ2) is 19.9. The lowest BCUT2D eigenvalue weighted by Crippen LogP contribution is -2.46. The minimum absolute atomic E-state index is 0.00568. The smallest absolute Gasteiger partial charge is 0.386 e. The fourth-order valence-electron chi connectivity index (χ4n) is 5.35. The Morgan fingerprint density at radius 2 is 1.79 bits per heavy atom. The molecule has 8 atom stereocenters. The van der Waals surface area contributed by atoms with E-state index in [-0.39, 0.29) is 47.5 Å². The molecule has 24 nitrogen and oxygen atoms in total. The van der Waals surface area contributed by atoms with Crippen LogP contribution in [-0.2, 0) is 50.7 Å². The van der Waals surface area contributed by atoms with E-state index in [2.05, 4.69) is 34.4 Å². The molecule has 2 aliphatic rings. The number of imidazole rings is 1. The van der Waals surface area contributed by atoms with Crippen LogP contribution in [0.4, 0.5) is 5.82 Å². The Labute approximate surface area is 329 Å². The number of aliphatic hydroxyl groups excluding tert-OH is 2. The Balaban J connectivity index is 1.21. The van der Waals surface area contributed by atoms with Gasteiger partial charge in [-0.3, -0.25) is 32.5 Å². The first kappa shape index (κ1) is 46.7. The van der Waals surface area contributed by atoms with Crippen LogP contribution in [0.1, 0.15) is 39.3 Å². The second-order valence-electron chi connectivity index (χ2n) is 13.3. The number of hydrogen-bond donors (Lipinski definition) is 9. The standard InChI is InChI=1S/C29H44N7O17P3S/c1-29(2,24(40)27(41)32-9-8-19(37)31-10-11-57-20(38)12-17-6-4-3-5-7-17)14-50-56(47,48)53-55(45,46)49-13-18-23(52-54(42,43)44)22(39)28(51-18)36-16-35-21-25(30)33-15-34-26(21)36/h3-6,15-18,22-24,28,39-40H,7-14H2,1-2H3,(H,31,37)(H,32,41)(H,45,46)(H,47,48)(H2,30,33,34)(H2,42,43,44)/t17?,18-,22-,23-,24-,28-/m1/s1. The number of ether oxygens (including phenoxy) is 1. The predicted molar refractivity (Wildman–Crippen MR) is 198 cm³/mol. The molecule has 2 amide bonds. The number of fused-ring (bicyclic) bond motifs is 1. The molecular weight excluding hydrogens is 843 g/mol. The maximum atomic E-state index is 12.7. The first-order valence-corrected chi connectivity index (χ1v) is 22.5. The highest BCUT2D eigenvalue weighted by Crippen LogP contribution is 2.61. The SMILES string of the molecule is CC(C)(COP(=O)(O)OP(=O)(O)OC[C@H]1O[C@@H](n2cnc3c(N)ncnc32)[C@H](O)[C@@H]1OP(=O)(O)O)[C@H](O)C(=O)NCCC(=O)NCCSC(=O)CC1C=CC=CC1. The van der Waals surface area contributed by atoms with Crippen molar-refractivity contribution in [2.75, 3.05) is 37.8 Å². The lowest BCUT2D eigenvalue weighted by Gasteiger charge is -2.30. The molecule has 0 aromatic carbocycles. The molecule has 318 valence electrons. The molecule has 1 fully saturated rings. The van der Waals surface area contributed by atoms with E-state index in [0.717, 1.165) is 35.4 Å². The summed E-state index contributed by atoms with van der Waals surface area (Å²) in [7, 11) is -16.4. The van der Waals surface area contributed by atoms with Crippen LogP contribution in [0.25, 0.3) is 11.2 Å². The van der Waals surface area contributed by atoms with Gasteiger partial charge in [-0.25, -0.2) is 28.6 Å². The van der Waals surface area contributed by atoms with Gasteiger partial charge in [-0.05, 0) is 12.3 Å². The molecule has 4 rings (SSSR count). The first-order chi connectivity index (χ1) is 26.6. The lowest BCUT2D eigenvalue weighted by atomic mass is 9.87. The molecule has 0 bridgehead atoms. The molecule has 2 aromatic rings. The minimum atomic E-state index is -5.57. The number of phosphoric ester groups is 3. The van der Waals surface area contributed by atoms with Crippen molar-refractivity contribution in [2.45, 2.75) is 63.8 Å². The number of anilines is 1. The van der Waals surface area contributed by atoms with Gasteiger partial charge in [-0.1, -0.05) is 49.9 Å². The number of nitrogens with two attached hydrogens (primary N) is 1. The van der Waals surface area contributed by atoms with Gasteiger partial charge in [0.1, 0.15) is 36.3 Å². The number of rotatable bonds is 21. The Bertz CT molecular complexity index is 1960. The normalized spacial score (nSPS) is 23.8. The number of nitrogens with zero attached hydrogens (tertiary/aromatic N) is 4. The summed E-state index contributed by atoms with van der Waals surface area (Å²) in [5, 5.41) is 26.4. The summed E-state index contributed by atoms with van der Waals surface area (Å²) in [5.41, 5.74) is 4.26. The van der Waals surface area contributed by atoms with Crippen LogP contribution in [0.5, 0.6) is 0 Å². The number of nitrogens with one attached hydrogen (secondary N) is 2. The topological polar surface area (TPSA) is 364 Å². The lowest BCUT2D eigenvalue weighted by molar-refractivity contribution is -0.137. The molecular formula is C29H44N7O17P3S. The summed E-state index contributed by atoms with van der Waals surface area (Å²) < 4.78 is 62.1. The Kier molecular flexibility index (Phi) is 16.3. The predicted octanol–water partition coefficient (Wildman–Crippen LogP) is 0.187. The highest BCUT2D eigenvalue weighted by atomic mass is 32.2. The fourth-order valence-corrected chi connectivity index (χ4v) is 8.94. The van der Waals surface area contributed by atoms with E-state index in [0.29, 0.717) is 12.2 Å². The van der Waals surface area contributed by atoms with Crippen LogP contribution < -0.4 is 16.4 Å². The van der Waals surface area contributed by atoms with E-state index in [9.17, 15) is 57.9 Å². The highest BCUT2D eigenvalue weighted by Gasteiger charge is 2.50. The third-order valence-corrected chi connectivity index (χ3v) is 12.3. The second-order valence-corrected chi connectivity index (χ2v) is 18.7. The van der Waals surface area contributed by atoms with Gasteiger partial charge < -0.3 is 50.9 Å². The Morgan fingerprint density at radius 3 is 2.47 bits per heavy atom. The highest BCUT2D eigenvalue weighted by molar-refractivity contribution is 8.13. The monoisotopic (exact) mass is 887 g/mol. The third kappa shape index (κ3) is 14.1. The average Bonchev–Trinajstić information content (AvgIpc) is 3.68. The number of nitrogen functional groups attached to an aromatic ring is 1. The molecule has 0 spiro atoms. The summed E-state index contributed by atoms with van der Waals surface area (Å²) in [5.74, 6) is -0.929. The number of aromatic nitrogens is 4. The molecule has 0 radical (unpaired) electrons. The van der Waals surface area contributed by atoms with Crippen LogP contribution in [0.2, 0.25) is 0 Å². The molecule has 0 saturated carbocycles. The number of carbonyl (C=O) groups excluding carboxylic acids is 3. The van der Waals surface area contributed by atoms with Crippen LogP contribution in [0, 0.1) is 11.3 Å². The van der Waals surface area contributed by atoms with E-state index >= 15 is 0 Å². The van der Waals surface area contributed by atoms with E-state index in [1.807, 2.05) is 24.3 Å². The summed E-state index contributed by atoms with van der Waals surface area (Å²) in [6.07, 6.45) is 2.05. The van der Waals surface area contributed by atoms with Crippen molar-refractivity contribution in [3.05, 3.63) is 37.0 Å². The number of amides is 2. The summed E-state index contributed by atoms with van der Waals surface area (Å²) >= 11 is 1.11. The van der Waals surface area contributed by atoms with Gasteiger partial charge in [0.05, 0.1) is 19.5 Å². The number of phosphoric acid groups is 3. The number of hydrogen-bond acceptors (Lipinski definition) is 18. The maximum Gasteiger partial charge on any atom is 0.481 e. The van der Waals surface area contributed by atoms with Crippen molar-refractivity contribution in [1.82, 2.24) is 30.2 Å². The molecule has 3 heterocycles. The van der Waals surface area contributed by atoms with Gasteiger partial charge in [0, 0.05) is 37.1 Å². The molecule has 1 aliphatic carbocycles. The van der Waals surface area contributed by atoms with Crippen molar-refractivity contribution < 1.29 is 80.5 Å². The van der Waals surface area contributed by atoms with Crippen LogP contribution in [0.15, 0.2) is 37.0 Å². The molecule has 10 N–H and O–H groups in total. The number of aliphatic hydroxyl groups is 2. The third-order valence-electron chi connectivity index (χ3n) is 8.26. The first-order valence-electron chi connectivity index (χ1n) is 17.0.